The van der Waals surface area contributed by atoms with Crippen molar-refractivity contribution in [2.45, 2.75) is 26.4 Å². The third kappa shape index (κ3) is 4.75. The summed E-state index contributed by atoms with van der Waals surface area (Å²) in [6.45, 7) is 4.31. The van der Waals surface area contributed by atoms with Gasteiger partial charge in [-0.15, -0.1) is 0 Å². The van der Waals surface area contributed by atoms with E-state index in [2.05, 4.69) is 5.32 Å². The van der Waals surface area contributed by atoms with Gasteiger partial charge < -0.3 is 15.2 Å². The third-order valence-corrected chi connectivity index (χ3v) is 2.69. The lowest BCUT2D eigenvalue weighted by Crippen LogP contribution is -2.29. The van der Waals surface area contributed by atoms with Gasteiger partial charge in [0.15, 0.2) is 0 Å². The standard InChI is InChI=1S/C14H21NO3/c1-10(7-11(2)16)9-15-14(17)12-5-4-6-13(8-12)18-3/h4-6,8,10-11,16H,7,9H2,1-3H3,(H,15,17). The topological polar surface area (TPSA) is 58.6 Å². The maximum Gasteiger partial charge on any atom is 0.251 e. The molecule has 0 bridgehead atoms. The van der Waals surface area contributed by atoms with Gasteiger partial charge >= 0.3 is 0 Å². The zero-order chi connectivity index (χ0) is 13.5. The van der Waals surface area contributed by atoms with Crippen molar-refractivity contribution in [2.75, 3.05) is 13.7 Å². The summed E-state index contributed by atoms with van der Waals surface area (Å²) in [6, 6.07) is 7.03. The second-order valence-electron chi connectivity index (χ2n) is 4.63. The summed E-state index contributed by atoms with van der Waals surface area (Å²) in [5.41, 5.74) is 0.582. The van der Waals surface area contributed by atoms with Crippen LogP contribution in [-0.4, -0.2) is 30.8 Å². The molecule has 0 aromatic heterocycles. The molecule has 1 rings (SSSR count). The molecule has 100 valence electrons. The number of aliphatic hydroxyl groups excluding tert-OH is 1. The number of nitrogens with one attached hydrogen (secondary N) is 1. The van der Waals surface area contributed by atoms with Crippen molar-refractivity contribution >= 4 is 5.91 Å². The first-order chi connectivity index (χ1) is 8.52. The highest BCUT2D eigenvalue weighted by molar-refractivity contribution is 5.94. The second-order valence-corrected chi connectivity index (χ2v) is 4.63. The van der Waals surface area contributed by atoms with Gasteiger partial charge in [-0.1, -0.05) is 13.0 Å². The summed E-state index contributed by atoms with van der Waals surface area (Å²) < 4.78 is 5.07. The zero-order valence-electron chi connectivity index (χ0n) is 11.1. The number of rotatable bonds is 6. The van der Waals surface area contributed by atoms with E-state index in [0.717, 1.165) is 0 Å². The minimum absolute atomic E-state index is 0.119. The zero-order valence-corrected chi connectivity index (χ0v) is 11.1. The van der Waals surface area contributed by atoms with E-state index in [4.69, 9.17) is 4.74 Å². The van der Waals surface area contributed by atoms with Crippen LogP contribution in [0, 0.1) is 5.92 Å². The van der Waals surface area contributed by atoms with Gasteiger partial charge in [-0.05, 0) is 37.5 Å². The van der Waals surface area contributed by atoms with E-state index in [1.165, 1.54) is 0 Å². The Morgan fingerprint density at radius 1 is 1.44 bits per heavy atom. The number of hydrogen-bond donors (Lipinski definition) is 2. The first kappa shape index (κ1) is 14.5. The van der Waals surface area contributed by atoms with Gasteiger partial charge in [0.2, 0.25) is 0 Å². The van der Waals surface area contributed by atoms with E-state index < -0.39 is 0 Å². The molecule has 0 saturated heterocycles. The summed E-state index contributed by atoms with van der Waals surface area (Å²) in [5, 5.41) is 12.1. The molecule has 0 saturated carbocycles. The van der Waals surface area contributed by atoms with E-state index in [0.29, 0.717) is 24.3 Å². The monoisotopic (exact) mass is 251 g/mol. The average molecular weight is 251 g/mol. The van der Waals surface area contributed by atoms with E-state index in [-0.39, 0.29) is 17.9 Å². The number of aliphatic hydroxyl groups is 1. The van der Waals surface area contributed by atoms with Crippen LogP contribution in [0.2, 0.25) is 0 Å². The average Bonchev–Trinajstić information content (AvgIpc) is 2.35. The van der Waals surface area contributed by atoms with Crippen LogP contribution in [-0.2, 0) is 0 Å². The number of benzene rings is 1. The van der Waals surface area contributed by atoms with Crippen LogP contribution < -0.4 is 10.1 Å². The van der Waals surface area contributed by atoms with Crippen LogP contribution >= 0.6 is 0 Å². The predicted molar refractivity (Wildman–Crippen MR) is 70.8 cm³/mol. The van der Waals surface area contributed by atoms with Gasteiger partial charge in [0, 0.05) is 12.1 Å². The normalized spacial score (nSPS) is 13.8. The molecule has 0 heterocycles. The van der Waals surface area contributed by atoms with Crippen molar-refractivity contribution in [1.29, 1.82) is 0 Å². The van der Waals surface area contributed by atoms with Crippen molar-refractivity contribution in [3.63, 3.8) is 0 Å². The predicted octanol–water partition coefficient (Wildman–Crippen LogP) is 1.83. The van der Waals surface area contributed by atoms with Gasteiger partial charge in [-0.2, -0.15) is 0 Å². The lowest BCUT2D eigenvalue weighted by atomic mass is 10.0. The van der Waals surface area contributed by atoms with Crippen LogP contribution in [0.3, 0.4) is 0 Å². The van der Waals surface area contributed by atoms with Gasteiger partial charge in [-0.3, -0.25) is 4.79 Å². The highest BCUT2D eigenvalue weighted by atomic mass is 16.5. The lowest BCUT2D eigenvalue weighted by Gasteiger charge is -2.14. The van der Waals surface area contributed by atoms with Crippen LogP contribution in [0.4, 0.5) is 0 Å². The van der Waals surface area contributed by atoms with Crippen LogP contribution in [0.15, 0.2) is 24.3 Å². The number of hydrogen-bond acceptors (Lipinski definition) is 3. The van der Waals surface area contributed by atoms with Crippen LogP contribution in [0.1, 0.15) is 30.6 Å². The van der Waals surface area contributed by atoms with E-state index in [9.17, 15) is 9.90 Å². The summed E-state index contributed by atoms with van der Waals surface area (Å²) in [7, 11) is 1.57. The Kier molecular flexibility index (Phi) is 5.65. The molecule has 0 aliphatic rings. The smallest absolute Gasteiger partial charge is 0.251 e. The maximum atomic E-state index is 11.9. The Balaban J connectivity index is 2.49. The molecular formula is C14H21NO3. The molecule has 18 heavy (non-hydrogen) atoms. The number of ether oxygens (including phenoxy) is 1. The van der Waals surface area contributed by atoms with Gasteiger partial charge in [0.1, 0.15) is 5.75 Å². The number of carbonyl (C=O) groups is 1. The Bertz CT molecular complexity index is 390. The molecule has 1 aromatic carbocycles. The molecule has 0 aliphatic heterocycles. The van der Waals surface area contributed by atoms with Crippen LogP contribution in [0.5, 0.6) is 5.75 Å². The third-order valence-electron chi connectivity index (χ3n) is 2.69. The molecule has 4 heteroatoms. The fourth-order valence-electron chi connectivity index (χ4n) is 1.80. The van der Waals surface area contributed by atoms with Crippen molar-refractivity contribution in [1.82, 2.24) is 5.32 Å². The van der Waals surface area contributed by atoms with Crippen molar-refractivity contribution < 1.29 is 14.6 Å². The Hall–Kier alpha value is -1.55. The lowest BCUT2D eigenvalue weighted by molar-refractivity contribution is 0.0939. The first-order valence-corrected chi connectivity index (χ1v) is 6.13. The Morgan fingerprint density at radius 3 is 2.78 bits per heavy atom. The summed E-state index contributed by atoms with van der Waals surface area (Å²) in [4.78, 5) is 11.9. The van der Waals surface area contributed by atoms with Crippen molar-refractivity contribution in [2.24, 2.45) is 5.92 Å². The SMILES string of the molecule is COc1cccc(C(=O)NCC(C)CC(C)O)c1. The first-order valence-electron chi connectivity index (χ1n) is 6.13. The minimum Gasteiger partial charge on any atom is -0.497 e. The second kappa shape index (κ2) is 7.01. The summed E-state index contributed by atoms with van der Waals surface area (Å²) >= 11 is 0. The highest BCUT2D eigenvalue weighted by Crippen LogP contribution is 2.12. The minimum atomic E-state index is -0.339. The van der Waals surface area contributed by atoms with E-state index in [1.54, 1.807) is 38.3 Å². The molecule has 4 nitrogen and oxygen atoms in total. The molecule has 0 spiro atoms. The molecular weight excluding hydrogens is 230 g/mol. The molecule has 0 radical (unpaired) electrons. The van der Waals surface area contributed by atoms with E-state index in [1.807, 2.05) is 6.92 Å². The fourth-order valence-corrected chi connectivity index (χ4v) is 1.80. The summed E-state index contributed by atoms with van der Waals surface area (Å²) in [6.07, 6.45) is 0.340. The molecule has 2 atom stereocenters. The molecule has 1 amide bonds. The molecule has 2 unspecified atom stereocenters. The van der Waals surface area contributed by atoms with Gasteiger partial charge in [-0.25, -0.2) is 0 Å². The molecule has 1 aromatic rings. The molecule has 2 N–H and O–H groups in total. The Labute approximate surface area is 108 Å². The van der Waals surface area contributed by atoms with Crippen molar-refractivity contribution in [3.8, 4) is 5.75 Å². The summed E-state index contributed by atoms with van der Waals surface area (Å²) in [5.74, 6) is 0.797. The molecule has 0 aliphatic carbocycles. The van der Waals surface area contributed by atoms with Crippen LogP contribution in [0.25, 0.3) is 0 Å². The van der Waals surface area contributed by atoms with E-state index >= 15 is 0 Å². The maximum absolute atomic E-state index is 11.9. The van der Waals surface area contributed by atoms with Gasteiger partial charge in [0.05, 0.1) is 13.2 Å². The Morgan fingerprint density at radius 2 is 2.17 bits per heavy atom. The largest absolute Gasteiger partial charge is 0.497 e. The number of carbonyl (C=O) groups excluding carboxylic acids is 1. The molecule has 0 fully saturated rings. The number of amides is 1. The fraction of sp³-hybridized carbons (Fsp3) is 0.500. The highest BCUT2D eigenvalue weighted by Gasteiger charge is 2.10. The quantitative estimate of drug-likeness (QED) is 0.811. The number of methoxy groups -OCH3 is 1. The van der Waals surface area contributed by atoms with Crippen molar-refractivity contribution in [3.05, 3.63) is 29.8 Å². The van der Waals surface area contributed by atoms with Gasteiger partial charge in [0.25, 0.3) is 5.91 Å².